The second-order valence-corrected chi connectivity index (χ2v) is 6.72. The molecule has 0 aromatic rings. The molecule has 0 aromatic heterocycles. The summed E-state index contributed by atoms with van der Waals surface area (Å²) in [5, 5.41) is 0. The van der Waals surface area contributed by atoms with Gasteiger partial charge in [0.1, 0.15) is 5.78 Å². The first kappa shape index (κ1) is 11.7. The Morgan fingerprint density at radius 3 is 2.35 bits per heavy atom. The van der Waals surface area contributed by atoms with Gasteiger partial charge in [-0.3, -0.25) is 4.79 Å². The number of hydrogen-bond donors (Lipinski definition) is 1. The van der Waals surface area contributed by atoms with Crippen molar-refractivity contribution in [3.8, 4) is 0 Å². The van der Waals surface area contributed by atoms with E-state index in [0.717, 1.165) is 49.9 Å². The number of Topliss-reactive ketones (excluding diaryl/α,β-unsaturated/α-hetero) is 1. The van der Waals surface area contributed by atoms with Gasteiger partial charge in [-0.05, 0) is 62.7 Å². The van der Waals surface area contributed by atoms with Crippen molar-refractivity contribution in [2.75, 3.05) is 0 Å². The summed E-state index contributed by atoms with van der Waals surface area (Å²) in [7, 11) is 0. The van der Waals surface area contributed by atoms with Gasteiger partial charge >= 0.3 is 0 Å². The largest absolute Gasteiger partial charge is 0.328 e. The maximum Gasteiger partial charge on any atom is 0.136 e. The van der Waals surface area contributed by atoms with Gasteiger partial charge < -0.3 is 5.73 Å². The molecule has 3 aliphatic carbocycles. The van der Waals surface area contributed by atoms with Crippen molar-refractivity contribution in [3.05, 3.63) is 0 Å². The fraction of sp³-hybridized carbons (Fsp3) is 0.933. The lowest BCUT2D eigenvalue weighted by Gasteiger charge is -2.27. The standard InChI is InChI=1S/C15H25NO/c16-14-5-3-11(4-6-14)15(17)9-13-8-10-1-2-12(13)7-10/h10-14H,1-9,16H2. The maximum absolute atomic E-state index is 12.3. The Bertz CT molecular complexity index is 293. The molecular formula is C15H25NO. The smallest absolute Gasteiger partial charge is 0.136 e. The maximum atomic E-state index is 12.3. The minimum absolute atomic E-state index is 0.355. The van der Waals surface area contributed by atoms with E-state index in [1.54, 1.807) is 0 Å². The Balaban J connectivity index is 1.50. The highest BCUT2D eigenvalue weighted by Gasteiger charge is 2.40. The predicted molar refractivity (Wildman–Crippen MR) is 68.5 cm³/mol. The molecule has 3 aliphatic rings. The van der Waals surface area contributed by atoms with E-state index in [1.807, 2.05) is 0 Å². The Labute approximate surface area is 104 Å². The van der Waals surface area contributed by atoms with Gasteiger partial charge in [-0.15, -0.1) is 0 Å². The molecule has 0 saturated heterocycles. The number of fused-ring (bicyclic) bond motifs is 2. The van der Waals surface area contributed by atoms with Crippen molar-refractivity contribution in [1.29, 1.82) is 0 Å². The van der Waals surface area contributed by atoms with E-state index in [4.69, 9.17) is 5.73 Å². The summed E-state index contributed by atoms with van der Waals surface area (Å²) < 4.78 is 0. The molecule has 0 aliphatic heterocycles. The number of carbonyl (C=O) groups excluding carboxylic acids is 1. The molecular weight excluding hydrogens is 210 g/mol. The summed E-state index contributed by atoms with van der Waals surface area (Å²) in [6, 6.07) is 0.363. The lowest BCUT2D eigenvalue weighted by molar-refractivity contribution is -0.125. The Morgan fingerprint density at radius 1 is 1.00 bits per heavy atom. The molecule has 3 saturated carbocycles. The lowest BCUT2D eigenvalue weighted by atomic mass is 9.78. The van der Waals surface area contributed by atoms with Crippen LogP contribution in [-0.4, -0.2) is 11.8 Å². The first-order valence-corrected chi connectivity index (χ1v) is 7.50. The number of carbonyl (C=O) groups is 1. The number of nitrogens with two attached hydrogens (primary N) is 1. The molecule has 17 heavy (non-hydrogen) atoms. The van der Waals surface area contributed by atoms with Gasteiger partial charge in [0.25, 0.3) is 0 Å². The minimum Gasteiger partial charge on any atom is -0.328 e. The first-order chi connectivity index (χ1) is 8.22. The molecule has 0 spiro atoms. The SMILES string of the molecule is NC1CCC(C(=O)CC2CC3CCC2C3)CC1. The molecule has 96 valence electrons. The van der Waals surface area contributed by atoms with Crippen LogP contribution in [0.15, 0.2) is 0 Å². The third-order valence-electron chi connectivity index (χ3n) is 5.58. The van der Waals surface area contributed by atoms with Crippen molar-refractivity contribution in [3.63, 3.8) is 0 Å². The van der Waals surface area contributed by atoms with Gasteiger partial charge in [-0.1, -0.05) is 6.42 Å². The lowest BCUT2D eigenvalue weighted by Crippen LogP contribution is -2.31. The van der Waals surface area contributed by atoms with Crippen LogP contribution >= 0.6 is 0 Å². The van der Waals surface area contributed by atoms with Crippen LogP contribution in [0, 0.1) is 23.7 Å². The zero-order valence-corrected chi connectivity index (χ0v) is 10.7. The number of rotatable bonds is 3. The summed E-state index contributed by atoms with van der Waals surface area (Å²) >= 11 is 0. The number of ketones is 1. The van der Waals surface area contributed by atoms with Gasteiger partial charge in [0.2, 0.25) is 0 Å². The van der Waals surface area contributed by atoms with E-state index in [2.05, 4.69) is 0 Å². The molecule has 3 rings (SSSR count). The molecule has 2 N–H and O–H groups in total. The normalized spacial score (nSPS) is 45.1. The highest BCUT2D eigenvalue weighted by atomic mass is 16.1. The van der Waals surface area contributed by atoms with Crippen LogP contribution in [0.4, 0.5) is 0 Å². The van der Waals surface area contributed by atoms with Gasteiger partial charge in [-0.2, -0.15) is 0 Å². The third kappa shape index (κ3) is 2.42. The average molecular weight is 235 g/mol. The Kier molecular flexibility index (Phi) is 3.25. The third-order valence-corrected chi connectivity index (χ3v) is 5.58. The van der Waals surface area contributed by atoms with Crippen LogP contribution in [0.2, 0.25) is 0 Å². The molecule has 0 radical (unpaired) electrons. The molecule has 0 aromatic carbocycles. The molecule has 0 heterocycles. The van der Waals surface area contributed by atoms with E-state index >= 15 is 0 Å². The van der Waals surface area contributed by atoms with Crippen LogP contribution < -0.4 is 5.73 Å². The highest BCUT2D eigenvalue weighted by Crippen LogP contribution is 2.50. The van der Waals surface area contributed by atoms with Gasteiger partial charge in [-0.25, -0.2) is 0 Å². The summed E-state index contributed by atoms with van der Waals surface area (Å²) in [6.07, 6.45) is 10.7. The van der Waals surface area contributed by atoms with Crippen molar-refractivity contribution in [1.82, 2.24) is 0 Å². The molecule has 2 nitrogen and oxygen atoms in total. The van der Waals surface area contributed by atoms with Gasteiger partial charge in [0, 0.05) is 18.4 Å². The molecule has 3 fully saturated rings. The summed E-state index contributed by atoms with van der Waals surface area (Å²) in [5.74, 6) is 3.53. The molecule has 0 amide bonds. The van der Waals surface area contributed by atoms with E-state index in [9.17, 15) is 4.79 Å². The van der Waals surface area contributed by atoms with E-state index in [0.29, 0.717) is 17.7 Å². The van der Waals surface area contributed by atoms with Crippen molar-refractivity contribution < 1.29 is 4.79 Å². The van der Waals surface area contributed by atoms with Crippen LogP contribution in [0.25, 0.3) is 0 Å². The number of hydrogen-bond acceptors (Lipinski definition) is 2. The first-order valence-electron chi connectivity index (χ1n) is 7.50. The van der Waals surface area contributed by atoms with Crippen LogP contribution in [0.3, 0.4) is 0 Å². The second kappa shape index (κ2) is 4.72. The monoisotopic (exact) mass is 235 g/mol. The summed E-state index contributed by atoms with van der Waals surface area (Å²) in [4.78, 5) is 12.3. The zero-order chi connectivity index (χ0) is 11.8. The van der Waals surface area contributed by atoms with Gasteiger partial charge in [0.05, 0.1) is 0 Å². The van der Waals surface area contributed by atoms with Crippen LogP contribution in [-0.2, 0) is 4.79 Å². The fourth-order valence-electron chi connectivity index (χ4n) is 4.49. The van der Waals surface area contributed by atoms with E-state index < -0.39 is 0 Å². The topological polar surface area (TPSA) is 43.1 Å². The minimum atomic E-state index is 0.355. The molecule has 2 heteroatoms. The van der Waals surface area contributed by atoms with Crippen molar-refractivity contribution >= 4 is 5.78 Å². The fourth-order valence-corrected chi connectivity index (χ4v) is 4.49. The Morgan fingerprint density at radius 2 is 1.76 bits per heavy atom. The van der Waals surface area contributed by atoms with Crippen molar-refractivity contribution in [2.45, 2.75) is 63.8 Å². The van der Waals surface area contributed by atoms with Gasteiger partial charge in [0.15, 0.2) is 0 Å². The van der Waals surface area contributed by atoms with Crippen molar-refractivity contribution in [2.24, 2.45) is 29.4 Å². The highest BCUT2D eigenvalue weighted by molar-refractivity contribution is 5.81. The summed E-state index contributed by atoms with van der Waals surface area (Å²) in [5.41, 5.74) is 5.90. The predicted octanol–water partition coefficient (Wildman–Crippen LogP) is 2.90. The quantitative estimate of drug-likeness (QED) is 0.817. The summed E-state index contributed by atoms with van der Waals surface area (Å²) in [6.45, 7) is 0. The van der Waals surface area contributed by atoms with E-state index in [1.165, 1.54) is 25.7 Å². The molecule has 2 bridgehead atoms. The second-order valence-electron chi connectivity index (χ2n) is 6.72. The molecule has 3 atom stereocenters. The van der Waals surface area contributed by atoms with Crippen LogP contribution in [0.1, 0.15) is 57.8 Å². The molecule has 3 unspecified atom stereocenters. The van der Waals surface area contributed by atoms with Crippen LogP contribution in [0.5, 0.6) is 0 Å². The zero-order valence-electron chi connectivity index (χ0n) is 10.7. The Hall–Kier alpha value is -0.370. The average Bonchev–Trinajstić information content (AvgIpc) is 2.91. The van der Waals surface area contributed by atoms with E-state index in [-0.39, 0.29) is 0 Å².